The smallest absolute Gasteiger partial charge is 0.219 e. The molecule has 0 saturated carbocycles. The van der Waals surface area contributed by atoms with E-state index in [0.717, 1.165) is 37.2 Å². The Bertz CT molecular complexity index is 629. The molecule has 1 atom stereocenters. The minimum absolute atomic E-state index is 0.131. The quantitative estimate of drug-likeness (QED) is 0.943. The normalized spacial score (nSPS) is 18.0. The molecule has 22 heavy (non-hydrogen) atoms. The SMILES string of the molecule is CC(=O)N1CCCCC1c1ccc(Nc2cnccn2)nc1. The first-order valence-corrected chi connectivity index (χ1v) is 7.50. The molecule has 2 aromatic rings. The third-order valence-electron chi connectivity index (χ3n) is 3.90. The Morgan fingerprint density at radius 1 is 1.18 bits per heavy atom. The zero-order valence-electron chi connectivity index (χ0n) is 12.6. The van der Waals surface area contributed by atoms with Gasteiger partial charge >= 0.3 is 0 Å². The fraction of sp³-hybridized carbons (Fsp3) is 0.375. The Hall–Kier alpha value is -2.50. The van der Waals surface area contributed by atoms with Crippen LogP contribution in [0.25, 0.3) is 0 Å². The molecule has 0 radical (unpaired) electrons. The van der Waals surface area contributed by atoms with Crippen molar-refractivity contribution in [1.82, 2.24) is 19.9 Å². The number of rotatable bonds is 3. The number of carbonyl (C=O) groups excluding carboxylic acids is 1. The highest BCUT2D eigenvalue weighted by atomic mass is 16.2. The number of nitrogens with zero attached hydrogens (tertiary/aromatic N) is 4. The highest BCUT2D eigenvalue weighted by molar-refractivity contribution is 5.74. The minimum Gasteiger partial charge on any atom is -0.336 e. The first-order chi connectivity index (χ1) is 10.7. The van der Waals surface area contributed by atoms with E-state index in [0.29, 0.717) is 5.82 Å². The van der Waals surface area contributed by atoms with Crippen LogP contribution in [0.2, 0.25) is 0 Å². The van der Waals surface area contributed by atoms with Gasteiger partial charge < -0.3 is 10.2 Å². The lowest BCUT2D eigenvalue weighted by atomic mass is 9.96. The molecule has 114 valence electrons. The molecule has 6 heteroatoms. The topological polar surface area (TPSA) is 71.0 Å². The van der Waals surface area contributed by atoms with Gasteiger partial charge in [0, 0.05) is 32.1 Å². The molecular formula is C16H19N5O. The average Bonchev–Trinajstić information content (AvgIpc) is 2.56. The Kier molecular flexibility index (Phi) is 4.27. The summed E-state index contributed by atoms with van der Waals surface area (Å²) in [4.78, 5) is 26.3. The van der Waals surface area contributed by atoms with Gasteiger partial charge in [-0.2, -0.15) is 0 Å². The summed E-state index contributed by atoms with van der Waals surface area (Å²) >= 11 is 0. The Morgan fingerprint density at radius 3 is 2.77 bits per heavy atom. The molecule has 1 fully saturated rings. The second-order valence-corrected chi connectivity index (χ2v) is 5.42. The van der Waals surface area contributed by atoms with Crippen LogP contribution >= 0.6 is 0 Å². The van der Waals surface area contributed by atoms with Gasteiger partial charge in [0.15, 0.2) is 0 Å². The number of likely N-dealkylation sites (tertiary alicyclic amines) is 1. The Morgan fingerprint density at radius 2 is 2.09 bits per heavy atom. The van der Waals surface area contributed by atoms with Gasteiger partial charge in [-0.3, -0.25) is 9.78 Å². The van der Waals surface area contributed by atoms with Gasteiger partial charge in [-0.05, 0) is 30.9 Å². The van der Waals surface area contributed by atoms with Gasteiger partial charge in [-0.25, -0.2) is 9.97 Å². The van der Waals surface area contributed by atoms with Gasteiger partial charge in [0.1, 0.15) is 11.6 Å². The maximum atomic E-state index is 11.8. The number of hydrogen-bond donors (Lipinski definition) is 1. The van der Waals surface area contributed by atoms with Crippen molar-refractivity contribution >= 4 is 17.5 Å². The second-order valence-electron chi connectivity index (χ2n) is 5.42. The average molecular weight is 297 g/mol. The standard InChI is InChI=1S/C16H19N5O/c1-12(22)21-9-3-2-4-14(21)13-5-6-15(19-10-13)20-16-11-17-7-8-18-16/h5-8,10-11,14H,2-4,9H2,1H3,(H,18,19,20). The monoisotopic (exact) mass is 297 g/mol. The molecule has 3 heterocycles. The van der Waals surface area contributed by atoms with E-state index in [-0.39, 0.29) is 11.9 Å². The van der Waals surface area contributed by atoms with Crippen LogP contribution in [0.4, 0.5) is 11.6 Å². The van der Waals surface area contributed by atoms with E-state index >= 15 is 0 Å². The van der Waals surface area contributed by atoms with Crippen molar-refractivity contribution in [2.45, 2.75) is 32.2 Å². The van der Waals surface area contributed by atoms with E-state index in [2.05, 4.69) is 20.3 Å². The highest BCUT2D eigenvalue weighted by Crippen LogP contribution is 2.31. The van der Waals surface area contributed by atoms with Crippen LogP contribution in [0.3, 0.4) is 0 Å². The summed E-state index contributed by atoms with van der Waals surface area (Å²) in [6.07, 6.45) is 9.96. The van der Waals surface area contributed by atoms with Gasteiger partial charge in [0.25, 0.3) is 0 Å². The number of pyridine rings is 1. The fourth-order valence-corrected chi connectivity index (χ4v) is 2.83. The molecule has 1 aliphatic rings. The van der Waals surface area contributed by atoms with Crippen molar-refractivity contribution in [3.8, 4) is 0 Å². The predicted octanol–water partition coefficient (Wildman–Crippen LogP) is 2.69. The summed E-state index contributed by atoms with van der Waals surface area (Å²) in [7, 11) is 0. The third-order valence-corrected chi connectivity index (χ3v) is 3.90. The van der Waals surface area contributed by atoms with E-state index in [1.807, 2.05) is 23.2 Å². The predicted molar refractivity (Wildman–Crippen MR) is 83.5 cm³/mol. The lowest BCUT2D eigenvalue weighted by molar-refractivity contribution is -0.132. The fourth-order valence-electron chi connectivity index (χ4n) is 2.83. The summed E-state index contributed by atoms with van der Waals surface area (Å²) in [5.74, 6) is 1.51. The maximum absolute atomic E-state index is 11.8. The number of piperidine rings is 1. The van der Waals surface area contributed by atoms with Crippen molar-refractivity contribution in [2.75, 3.05) is 11.9 Å². The van der Waals surface area contributed by atoms with Gasteiger partial charge in [-0.1, -0.05) is 6.07 Å². The van der Waals surface area contributed by atoms with Crippen LogP contribution in [-0.4, -0.2) is 32.3 Å². The minimum atomic E-state index is 0.131. The lowest BCUT2D eigenvalue weighted by Crippen LogP contribution is -2.36. The summed E-state index contributed by atoms with van der Waals surface area (Å²) in [6, 6.07) is 4.08. The van der Waals surface area contributed by atoms with Crippen molar-refractivity contribution in [3.05, 3.63) is 42.5 Å². The second kappa shape index (κ2) is 6.51. The van der Waals surface area contributed by atoms with Crippen molar-refractivity contribution < 1.29 is 4.79 Å². The van der Waals surface area contributed by atoms with E-state index < -0.39 is 0 Å². The Balaban J connectivity index is 1.74. The van der Waals surface area contributed by atoms with Crippen LogP contribution in [0.1, 0.15) is 37.8 Å². The number of hydrogen-bond acceptors (Lipinski definition) is 5. The molecule has 0 spiro atoms. The van der Waals surface area contributed by atoms with E-state index in [1.165, 1.54) is 0 Å². The first kappa shape index (κ1) is 14.4. The maximum Gasteiger partial charge on any atom is 0.219 e. The van der Waals surface area contributed by atoms with E-state index in [4.69, 9.17) is 0 Å². The van der Waals surface area contributed by atoms with Gasteiger partial charge in [-0.15, -0.1) is 0 Å². The van der Waals surface area contributed by atoms with Gasteiger partial charge in [0.2, 0.25) is 5.91 Å². The number of nitrogens with one attached hydrogen (secondary N) is 1. The molecule has 0 aromatic carbocycles. The number of aromatic nitrogens is 3. The molecule has 1 N–H and O–H groups in total. The molecule has 0 aliphatic carbocycles. The molecule has 1 unspecified atom stereocenters. The summed E-state index contributed by atoms with van der Waals surface area (Å²) < 4.78 is 0. The Labute approximate surface area is 129 Å². The molecule has 1 amide bonds. The number of amides is 1. The molecule has 1 aliphatic heterocycles. The molecular weight excluding hydrogens is 278 g/mol. The van der Waals surface area contributed by atoms with Crippen molar-refractivity contribution in [2.24, 2.45) is 0 Å². The van der Waals surface area contributed by atoms with Crippen molar-refractivity contribution in [1.29, 1.82) is 0 Å². The zero-order chi connectivity index (χ0) is 15.4. The van der Waals surface area contributed by atoms with Crippen LogP contribution in [-0.2, 0) is 4.79 Å². The summed E-state index contributed by atoms with van der Waals surface area (Å²) in [6.45, 7) is 2.47. The largest absolute Gasteiger partial charge is 0.336 e. The molecule has 0 bridgehead atoms. The third kappa shape index (κ3) is 3.21. The van der Waals surface area contributed by atoms with Crippen LogP contribution in [0.5, 0.6) is 0 Å². The number of anilines is 2. The van der Waals surface area contributed by atoms with E-state index in [1.54, 1.807) is 25.5 Å². The zero-order valence-corrected chi connectivity index (χ0v) is 12.6. The van der Waals surface area contributed by atoms with E-state index in [9.17, 15) is 4.79 Å². The van der Waals surface area contributed by atoms with Crippen molar-refractivity contribution in [3.63, 3.8) is 0 Å². The summed E-state index contributed by atoms with van der Waals surface area (Å²) in [5.41, 5.74) is 1.08. The van der Waals surface area contributed by atoms with Crippen LogP contribution < -0.4 is 5.32 Å². The molecule has 6 nitrogen and oxygen atoms in total. The van der Waals surface area contributed by atoms with Gasteiger partial charge in [0.05, 0.1) is 12.2 Å². The molecule has 1 saturated heterocycles. The highest BCUT2D eigenvalue weighted by Gasteiger charge is 2.25. The molecule has 2 aromatic heterocycles. The summed E-state index contributed by atoms with van der Waals surface area (Å²) in [5, 5.41) is 3.10. The first-order valence-electron chi connectivity index (χ1n) is 7.50. The number of carbonyl (C=O) groups is 1. The van der Waals surface area contributed by atoms with Crippen LogP contribution in [0, 0.1) is 0 Å². The lowest BCUT2D eigenvalue weighted by Gasteiger charge is -2.35. The molecule has 3 rings (SSSR count). The van der Waals surface area contributed by atoms with Crippen LogP contribution in [0.15, 0.2) is 36.9 Å².